The number of non-ortho nitro benzene ring substituents is 1. The van der Waals surface area contributed by atoms with Gasteiger partial charge in [-0.15, -0.1) is 0 Å². The van der Waals surface area contributed by atoms with Gasteiger partial charge in [-0.05, 0) is 5.56 Å². The number of amides is 1. The first-order chi connectivity index (χ1) is 11.9. The van der Waals surface area contributed by atoms with Crippen LogP contribution < -0.4 is 5.43 Å². The lowest BCUT2D eigenvalue weighted by Crippen LogP contribution is -2.53. The molecular weight excluding hydrogens is 333 g/mol. The molecule has 1 aliphatic rings. The van der Waals surface area contributed by atoms with E-state index >= 15 is 0 Å². The Morgan fingerprint density at radius 2 is 2.00 bits per heavy atom. The van der Waals surface area contributed by atoms with Crippen molar-refractivity contribution in [2.45, 2.75) is 12.7 Å². The number of nitro benzene ring substituents is 1. The number of hydrogen-bond acceptors (Lipinski definition) is 5. The van der Waals surface area contributed by atoms with Crippen molar-refractivity contribution in [3.8, 4) is 0 Å². The number of benzene rings is 1. The Balaban J connectivity index is 2.31. The average molecular weight is 350 g/mol. The quantitative estimate of drug-likeness (QED) is 0.636. The molecule has 1 amide bonds. The van der Waals surface area contributed by atoms with Gasteiger partial charge in [0.05, 0.1) is 10.5 Å². The van der Waals surface area contributed by atoms with Crippen LogP contribution in [0, 0.1) is 10.1 Å². The molecule has 0 aliphatic carbocycles. The summed E-state index contributed by atoms with van der Waals surface area (Å²) in [6.07, 6.45) is -6.27. The molecule has 1 aromatic carbocycles. The third kappa shape index (κ3) is 4.55. The second-order valence-electron chi connectivity index (χ2n) is 4.99. The molecule has 0 spiro atoms. The van der Waals surface area contributed by atoms with Crippen molar-refractivity contribution in [3.05, 3.63) is 39.4 Å². The Morgan fingerprint density at radius 3 is 2.50 bits per heavy atom. The predicted octanol–water partition coefficient (Wildman–Crippen LogP) is 1.91. The normalized spacial score (nSPS) is 18.6. The van der Waals surface area contributed by atoms with Crippen molar-refractivity contribution < 1.29 is 30.7 Å². The summed E-state index contributed by atoms with van der Waals surface area (Å²) in [6, 6.07) is 1.91. The van der Waals surface area contributed by atoms with Gasteiger partial charge in [0.15, 0.2) is 0 Å². The smallest absolute Gasteiger partial charge is 0.419 e. The summed E-state index contributed by atoms with van der Waals surface area (Å²) >= 11 is 0. The number of alkyl halides is 3. The maximum Gasteiger partial charge on any atom is 0.419 e. The number of hydrazine groups is 1. The summed E-state index contributed by atoms with van der Waals surface area (Å²) in [5, 5.41) is 20.7. The second kappa shape index (κ2) is 7.01. The summed E-state index contributed by atoms with van der Waals surface area (Å²) in [5.41, 5.74) is -0.831. The molecule has 0 atom stereocenters. The minimum Gasteiger partial charge on any atom is -0.464 e. The van der Waals surface area contributed by atoms with Gasteiger partial charge in [-0.1, -0.05) is 6.07 Å². The molecule has 0 saturated carbocycles. The molecule has 24 heavy (non-hydrogen) atoms. The third-order valence-corrected chi connectivity index (χ3v) is 3.33. The third-order valence-electron chi connectivity index (χ3n) is 3.33. The zero-order valence-corrected chi connectivity index (χ0v) is 12.2. The van der Waals surface area contributed by atoms with Gasteiger partial charge in [-0.3, -0.25) is 20.4 Å². The van der Waals surface area contributed by atoms with Crippen molar-refractivity contribution in [2.24, 2.45) is 0 Å². The molecule has 132 valence electrons. The van der Waals surface area contributed by atoms with Crippen LogP contribution in [0.3, 0.4) is 0 Å². The van der Waals surface area contributed by atoms with Crippen LogP contribution in [-0.2, 0) is 12.7 Å². The molecule has 0 bridgehead atoms. The molecule has 1 aliphatic heterocycles. The van der Waals surface area contributed by atoms with Gasteiger partial charge in [-0.2, -0.15) is 13.2 Å². The Hall–Kier alpha value is -2.40. The molecule has 1 heterocycles. The zero-order chi connectivity index (χ0) is 19.7. The molecule has 2 rings (SSSR count). The number of piperazine rings is 1. The van der Waals surface area contributed by atoms with E-state index in [1.807, 2.05) is 0 Å². The van der Waals surface area contributed by atoms with Crippen molar-refractivity contribution in [1.29, 1.82) is 0 Å². The highest BCUT2D eigenvalue weighted by atomic mass is 19.4. The fourth-order valence-electron chi connectivity index (χ4n) is 2.21. The number of hydrogen-bond donors (Lipinski definition) is 2. The van der Waals surface area contributed by atoms with Crippen LogP contribution in [0.15, 0.2) is 18.2 Å². The molecule has 1 aromatic rings. The predicted molar refractivity (Wildman–Crippen MR) is 76.1 cm³/mol. The highest BCUT2D eigenvalue weighted by Crippen LogP contribution is 2.35. The fourth-order valence-corrected chi connectivity index (χ4v) is 2.21. The lowest BCUT2D eigenvalue weighted by Gasteiger charge is -2.34. The molecule has 1 saturated heterocycles. The van der Waals surface area contributed by atoms with Crippen LogP contribution in [0.1, 0.15) is 13.9 Å². The van der Waals surface area contributed by atoms with Crippen LogP contribution in [-0.4, -0.2) is 52.2 Å². The van der Waals surface area contributed by atoms with Crippen molar-refractivity contribution in [1.82, 2.24) is 15.3 Å². The molecule has 8 nitrogen and oxygen atoms in total. The minimum atomic E-state index is -4.97. The number of nitrogens with one attached hydrogen (secondary N) is 1. The maximum absolute atomic E-state index is 13.3. The SMILES string of the molecule is [2H]C([2H])(c1ccc([N+](=O)[O-])cc1C(F)(F)F)N1CCN(NC(=O)O)CC1. The molecular formula is C13H15F3N4O4. The van der Waals surface area contributed by atoms with E-state index in [1.54, 1.807) is 0 Å². The monoisotopic (exact) mass is 350 g/mol. The number of carbonyl (C=O) groups is 1. The summed E-state index contributed by atoms with van der Waals surface area (Å²) in [6.45, 7) is -2.49. The van der Waals surface area contributed by atoms with E-state index in [4.69, 9.17) is 7.85 Å². The lowest BCUT2D eigenvalue weighted by molar-refractivity contribution is -0.385. The van der Waals surface area contributed by atoms with Crippen molar-refractivity contribution in [2.75, 3.05) is 26.2 Å². The van der Waals surface area contributed by atoms with Gasteiger partial charge in [0.25, 0.3) is 5.69 Å². The first-order valence-electron chi connectivity index (χ1n) is 7.78. The van der Waals surface area contributed by atoms with Gasteiger partial charge in [-0.25, -0.2) is 9.80 Å². The van der Waals surface area contributed by atoms with Crippen molar-refractivity contribution >= 4 is 11.8 Å². The van der Waals surface area contributed by atoms with Gasteiger partial charge in [0, 0.05) is 47.6 Å². The Labute approximate surface area is 137 Å². The van der Waals surface area contributed by atoms with E-state index in [9.17, 15) is 28.1 Å². The summed E-state index contributed by atoms with van der Waals surface area (Å²) in [7, 11) is 0. The van der Waals surface area contributed by atoms with Crippen LogP contribution >= 0.6 is 0 Å². The Kier molecular flexibility index (Phi) is 4.42. The average Bonchev–Trinajstić information content (AvgIpc) is 2.53. The standard InChI is InChI=1S/C13H15F3N4O4/c14-13(15,16)11-7-10(20(23)24)2-1-9(11)8-18-3-5-19(6-4-18)17-12(21)22/h1-2,7,17H,3-6,8H2,(H,21,22)/i8D2. The van der Waals surface area contributed by atoms with Gasteiger partial charge in [0.2, 0.25) is 0 Å². The second-order valence-corrected chi connectivity index (χ2v) is 4.99. The first-order valence-corrected chi connectivity index (χ1v) is 6.78. The molecule has 0 unspecified atom stereocenters. The number of carboxylic acid groups (broad SMARTS) is 1. The van der Waals surface area contributed by atoms with Crippen molar-refractivity contribution in [3.63, 3.8) is 0 Å². The largest absolute Gasteiger partial charge is 0.464 e. The number of nitro groups is 1. The summed E-state index contributed by atoms with van der Waals surface area (Å²) in [4.78, 5) is 21.5. The zero-order valence-electron chi connectivity index (χ0n) is 14.2. The molecule has 0 radical (unpaired) electrons. The molecule has 11 heteroatoms. The van der Waals surface area contributed by atoms with Crippen LogP contribution in [0.25, 0.3) is 0 Å². The number of rotatable bonds is 4. The Morgan fingerprint density at radius 1 is 1.38 bits per heavy atom. The van der Waals surface area contributed by atoms with Crippen LogP contribution in [0.5, 0.6) is 0 Å². The van der Waals surface area contributed by atoms with E-state index in [0.717, 1.165) is 17.0 Å². The van der Waals surface area contributed by atoms with E-state index in [2.05, 4.69) is 5.43 Å². The van der Waals surface area contributed by atoms with Gasteiger partial charge < -0.3 is 5.11 Å². The number of nitrogens with zero attached hydrogens (tertiary/aromatic N) is 3. The molecule has 0 aromatic heterocycles. The lowest BCUT2D eigenvalue weighted by atomic mass is 10.0. The van der Waals surface area contributed by atoms with E-state index in [0.29, 0.717) is 6.07 Å². The van der Waals surface area contributed by atoms with Crippen LogP contribution in [0.2, 0.25) is 0 Å². The summed E-state index contributed by atoms with van der Waals surface area (Å²) in [5.74, 6) is 0. The summed E-state index contributed by atoms with van der Waals surface area (Å²) < 4.78 is 56.2. The maximum atomic E-state index is 13.3. The van der Waals surface area contributed by atoms with Crippen LogP contribution in [0.4, 0.5) is 23.7 Å². The van der Waals surface area contributed by atoms with Gasteiger partial charge >= 0.3 is 12.3 Å². The van der Waals surface area contributed by atoms with E-state index < -0.39 is 40.5 Å². The molecule has 1 fully saturated rings. The fraction of sp³-hybridized carbons (Fsp3) is 0.462. The first kappa shape index (κ1) is 15.1. The van der Waals surface area contributed by atoms with Gasteiger partial charge in [0.1, 0.15) is 0 Å². The van der Waals surface area contributed by atoms with E-state index in [1.165, 1.54) is 5.01 Å². The highest BCUT2D eigenvalue weighted by Gasteiger charge is 2.35. The van der Waals surface area contributed by atoms with E-state index in [-0.39, 0.29) is 26.2 Å². The minimum absolute atomic E-state index is 0.0401. The number of halogens is 3. The topological polar surface area (TPSA) is 99.0 Å². The molecule has 2 N–H and O–H groups in total. The highest BCUT2D eigenvalue weighted by molar-refractivity contribution is 5.63. The Bertz CT molecular complexity index is 709.